The van der Waals surface area contributed by atoms with Crippen molar-refractivity contribution in [2.75, 3.05) is 0 Å². The lowest BCUT2D eigenvalue weighted by atomic mass is 9.69. The van der Waals surface area contributed by atoms with Gasteiger partial charge in [-0.2, -0.15) is 0 Å². The summed E-state index contributed by atoms with van der Waals surface area (Å²) in [5, 5.41) is 0. The minimum Gasteiger partial charge on any atom is -0.327 e. The van der Waals surface area contributed by atoms with E-state index >= 15 is 0 Å². The molecule has 2 unspecified atom stereocenters. The summed E-state index contributed by atoms with van der Waals surface area (Å²) in [7, 11) is 0. The predicted molar refractivity (Wildman–Crippen MR) is 64.9 cm³/mol. The van der Waals surface area contributed by atoms with E-state index in [9.17, 15) is 0 Å². The Morgan fingerprint density at radius 3 is 3.07 bits per heavy atom. The number of hydrogen-bond acceptors (Lipinski definition) is 3. The molecule has 0 spiro atoms. The lowest BCUT2D eigenvalue weighted by molar-refractivity contribution is 0.157. The highest BCUT2D eigenvalue weighted by Crippen LogP contribution is 2.39. The second-order valence-electron chi connectivity index (χ2n) is 5.50. The van der Waals surface area contributed by atoms with Crippen LogP contribution in [0.2, 0.25) is 0 Å². The van der Waals surface area contributed by atoms with Crippen molar-refractivity contribution in [2.45, 2.75) is 45.6 Å². The van der Waals surface area contributed by atoms with Gasteiger partial charge in [0, 0.05) is 17.1 Å². The van der Waals surface area contributed by atoms with E-state index in [4.69, 9.17) is 5.73 Å². The van der Waals surface area contributed by atoms with E-state index in [1.165, 1.54) is 24.1 Å². The molecule has 0 amide bonds. The number of nitrogens with zero attached hydrogens (tertiary/aromatic N) is 1. The SMILES string of the molecule is CC1(C)CCC(N)C(Cc2cncs2)C1. The first-order valence-electron chi connectivity index (χ1n) is 5.70. The summed E-state index contributed by atoms with van der Waals surface area (Å²) in [4.78, 5) is 5.51. The van der Waals surface area contributed by atoms with Crippen molar-refractivity contribution in [3.05, 3.63) is 16.6 Å². The summed E-state index contributed by atoms with van der Waals surface area (Å²) in [6.07, 6.45) is 6.81. The second-order valence-corrected chi connectivity index (χ2v) is 6.47. The van der Waals surface area contributed by atoms with E-state index in [-0.39, 0.29) is 0 Å². The maximum absolute atomic E-state index is 6.20. The lowest BCUT2D eigenvalue weighted by Gasteiger charge is -2.39. The summed E-state index contributed by atoms with van der Waals surface area (Å²) in [5.74, 6) is 0.647. The maximum Gasteiger partial charge on any atom is 0.0794 e. The van der Waals surface area contributed by atoms with Gasteiger partial charge in [0.1, 0.15) is 0 Å². The lowest BCUT2D eigenvalue weighted by Crippen LogP contribution is -2.40. The molecule has 2 atom stereocenters. The third-order valence-electron chi connectivity index (χ3n) is 3.52. The van der Waals surface area contributed by atoms with Gasteiger partial charge in [0.05, 0.1) is 5.51 Å². The topological polar surface area (TPSA) is 38.9 Å². The number of aromatic nitrogens is 1. The van der Waals surface area contributed by atoms with Crippen LogP contribution in [-0.2, 0) is 6.42 Å². The molecule has 3 heteroatoms. The molecule has 0 aromatic carbocycles. The molecule has 0 bridgehead atoms. The van der Waals surface area contributed by atoms with E-state index in [1.54, 1.807) is 11.3 Å². The maximum atomic E-state index is 6.20. The van der Waals surface area contributed by atoms with Gasteiger partial charge >= 0.3 is 0 Å². The molecule has 0 radical (unpaired) electrons. The summed E-state index contributed by atoms with van der Waals surface area (Å²) >= 11 is 1.75. The summed E-state index contributed by atoms with van der Waals surface area (Å²) in [5.41, 5.74) is 8.59. The molecule has 1 saturated carbocycles. The molecule has 2 nitrogen and oxygen atoms in total. The van der Waals surface area contributed by atoms with Gasteiger partial charge in [0.15, 0.2) is 0 Å². The average Bonchev–Trinajstić information content (AvgIpc) is 2.64. The molecule has 84 valence electrons. The monoisotopic (exact) mass is 224 g/mol. The van der Waals surface area contributed by atoms with Crippen LogP contribution in [0.15, 0.2) is 11.7 Å². The molecule has 1 aromatic rings. The molecule has 1 aliphatic rings. The predicted octanol–water partition coefficient (Wildman–Crippen LogP) is 2.84. The summed E-state index contributed by atoms with van der Waals surface area (Å²) in [6.45, 7) is 4.72. The van der Waals surface area contributed by atoms with Crippen LogP contribution < -0.4 is 5.73 Å². The highest BCUT2D eigenvalue weighted by atomic mass is 32.1. The first-order valence-corrected chi connectivity index (χ1v) is 6.58. The Morgan fingerprint density at radius 1 is 1.60 bits per heavy atom. The fraction of sp³-hybridized carbons (Fsp3) is 0.750. The molecule has 1 aliphatic carbocycles. The van der Waals surface area contributed by atoms with Crippen LogP contribution in [0.3, 0.4) is 0 Å². The van der Waals surface area contributed by atoms with Gasteiger partial charge in [0.2, 0.25) is 0 Å². The molecule has 2 N–H and O–H groups in total. The zero-order valence-electron chi connectivity index (χ0n) is 9.57. The first-order chi connectivity index (χ1) is 7.07. The van der Waals surface area contributed by atoms with Gasteiger partial charge in [-0.1, -0.05) is 13.8 Å². The van der Waals surface area contributed by atoms with Crippen LogP contribution in [0.25, 0.3) is 0 Å². The summed E-state index contributed by atoms with van der Waals surface area (Å²) < 4.78 is 0. The Morgan fingerprint density at radius 2 is 2.40 bits per heavy atom. The van der Waals surface area contributed by atoms with Crippen LogP contribution in [0.1, 0.15) is 38.0 Å². The van der Waals surface area contributed by atoms with Crippen molar-refractivity contribution in [3.8, 4) is 0 Å². The Balaban J connectivity index is 2.01. The van der Waals surface area contributed by atoms with Crippen LogP contribution in [0.5, 0.6) is 0 Å². The third-order valence-corrected chi connectivity index (χ3v) is 4.32. The normalized spacial score (nSPS) is 30.3. The molecule has 0 saturated heterocycles. The van der Waals surface area contributed by atoms with Crippen molar-refractivity contribution in [1.29, 1.82) is 0 Å². The zero-order valence-corrected chi connectivity index (χ0v) is 10.4. The van der Waals surface area contributed by atoms with E-state index in [1.807, 2.05) is 11.7 Å². The molecular weight excluding hydrogens is 204 g/mol. The van der Waals surface area contributed by atoms with Gasteiger partial charge in [-0.15, -0.1) is 11.3 Å². The van der Waals surface area contributed by atoms with Gasteiger partial charge in [-0.25, -0.2) is 0 Å². The standard InChI is InChI=1S/C12H20N2S/c1-12(2)4-3-11(13)9(6-12)5-10-7-14-8-15-10/h7-9,11H,3-6,13H2,1-2H3. The van der Waals surface area contributed by atoms with Crippen molar-refractivity contribution in [1.82, 2.24) is 4.98 Å². The highest BCUT2D eigenvalue weighted by molar-refractivity contribution is 7.09. The first kappa shape index (κ1) is 11.1. The minimum atomic E-state index is 0.389. The van der Waals surface area contributed by atoms with Gasteiger partial charge in [0.25, 0.3) is 0 Å². The number of thiazole rings is 1. The quantitative estimate of drug-likeness (QED) is 0.839. The molecule has 1 aromatic heterocycles. The van der Waals surface area contributed by atoms with Crippen LogP contribution >= 0.6 is 11.3 Å². The van der Waals surface area contributed by atoms with E-state index in [0.717, 1.165) is 6.42 Å². The Hall–Kier alpha value is -0.410. The number of rotatable bonds is 2. The van der Waals surface area contributed by atoms with Crippen LogP contribution in [0, 0.1) is 11.3 Å². The van der Waals surface area contributed by atoms with Crippen LogP contribution in [0.4, 0.5) is 0 Å². The van der Waals surface area contributed by atoms with Crippen LogP contribution in [-0.4, -0.2) is 11.0 Å². The molecular formula is C12H20N2S. The Kier molecular flexibility index (Phi) is 3.12. The third kappa shape index (κ3) is 2.79. The van der Waals surface area contributed by atoms with Crippen molar-refractivity contribution in [2.24, 2.45) is 17.1 Å². The van der Waals surface area contributed by atoms with Gasteiger partial charge in [-0.05, 0) is 37.0 Å². The molecule has 0 aliphatic heterocycles. The fourth-order valence-electron chi connectivity index (χ4n) is 2.58. The fourth-order valence-corrected chi connectivity index (χ4v) is 3.27. The van der Waals surface area contributed by atoms with Crippen molar-refractivity contribution in [3.63, 3.8) is 0 Å². The second kappa shape index (κ2) is 4.22. The number of nitrogens with two attached hydrogens (primary N) is 1. The zero-order chi connectivity index (χ0) is 10.9. The van der Waals surface area contributed by atoms with E-state index in [2.05, 4.69) is 18.8 Å². The summed E-state index contributed by atoms with van der Waals surface area (Å²) in [6, 6.07) is 0.389. The van der Waals surface area contributed by atoms with Crippen molar-refractivity contribution >= 4 is 11.3 Å². The molecule has 15 heavy (non-hydrogen) atoms. The minimum absolute atomic E-state index is 0.389. The molecule has 1 fully saturated rings. The van der Waals surface area contributed by atoms with Crippen molar-refractivity contribution < 1.29 is 0 Å². The highest BCUT2D eigenvalue weighted by Gasteiger charge is 2.32. The number of hydrogen-bond donors (Lipinski definition) is 1. The molecule has 2 rings (SSSR count). The van der Waals surface area contributed by atoms with Gasteiger partial charge in [-0.3, -0.25) is 4.98 Å². The van der Waals surface area contributed by atoms with E-state index < -0.39 is 0 Å². The average molecular weight is 224 g/mol. The van der Waals surface area contributed by atoms with Gasteiger partial charge < -0.3 is 5.73 Å². The Bertz CT molecular complexity index is 305. The smallest absolute Gasteiger partial charge is 0.0794 e. The van der Waals surface area contributed by atoms with E-state index in [0.29, 0.717) is 17.4 Å². The largest absolute Gasteiger partial charge is 0.327 e. The Labute approximate surface area is 95.9 Å². The molecule has 1 heterocycles.